The first kappa shape index (κ1) is 27.6. The SMILES string of the molecule is COc1ccc(C(=O)N2CC[C@@H](NC(=O)c3ccccc3OC(F)(F)F)[C@@H](C3CCCCC3)C2)cc1OC. The number of likely N-dealkylation sites (tertiary alicyclic amines) is 1. The number of alkyl halides is 3. The van der Waals surface area contributed by atoms with Crippen LogP contribution in [0.1, 0.15) is 59.2 Å². The number of carbonyl (C=O) groups is 2. The second-order valence-electron chi connectivity index (χ2n) is 9.80. The summed E-state index contributed by atoms with van der Waals surface area (Å²) in [5, 5.41) is 2.98. The lowest BCUT2D eigenvalue weighted by atomic mass is 9.74. The monoisotopic (exact) mass is 534 g/mol. The van der Waals surface area contributed by atoms with E-state index in [9.17, 15) is 22.8 Å². The molecule has 2 amide bonds. The molecule has 2 aromatic rings. The fourth-order valence-corrected chi connectivity index (χ4v) is 5.65. The first-order valence-electron chi connectivity index (χ1n) is 12.9. The van der Waals surface area contributed by atoms with Crippen molar-refractivity contribution in [1.29, 1.82) is 0 Å². The van der Waals surface area contributed by atoms with Crippen molar-refractivity contribution < 1.29 is 37.0 Å². The van der Waals surface area contributed by atoms with Gasteiger partial charge in [0.1, 0.15) is 5.75 Å². The van der Waals surface area contributed by atoms with Gasteiger partial charge in [0.25, 0.3) is 11.8 Å². The Morgan fingerprint density at radius 3 is 2.32 bits per heavy atom. The molecule has 1 saturated carbocycles. The van der Waals surface area contributed by atoms with Gasteiger partial charge in [0.2, 0.25) is 0 Å². The third-order valence-electron chi connectivity index (χ3n) is 7.50. The van der Waals surface area contributed by atoms with Gasteiger partial charge < -0.3 is 24.4 Å². The van der Waals surface area contributed by atoms with E-state index in [-0.39, 0.29) is 23.4 Å². The molecular weight excluding hydrogens is 501 g/mol. The molecule has 7 nitrogen and oxygen atoms in total. The molecule has 38 heavy (non-hydrogen) atoms. The van der Waals surface area contributed by atoms with Crippen LogP contribution in [0.15, 0.2) is 42.5 Å². The Balaban J connectivity index is 1.53. The maximum absolute atomic E-state index is 13.4. The fraction of sp³-hybridized carbons (Fsp3) is 0.500. The lowest BCUT2D eigenvalue weighted by Gasteiger charge is -2.43. The topological polar surface area (TPSA) is 77.1 Å². The Labute approximate surface area is 220 Å². The minimum atomic E-state index is -4.91. The van der Waals surface area contributed by atoms with Crippen LogP contribution in [0.4, 0.5) is 13.2 Å². The van der Waals surface area contributed by atoms with Gasteiger partial charge in [-0.15, -0.1) is 13.2 Å². The van der Waals surface area contributed by atoms with Crippen LogP contribution in [0, 0.1) is 11.8 Å². The Bertz CT molecular complexity index is 1130. The van der Waals surface area contributed by atoms with Crippen molar-refractivity contribution in [3.8, 4) is 17.2 Å². The molecule has 1 saturated heterocycles. The van der Waals surface area contributed by atoms with E-state index in [0.717, 1.165) is 38.2 Å². The molecule has 2 fully saturated rings. The van der Waals surface area contributed by atoms with E-state index < -0.39 is 18.0 Å². The maximum Gasteiger partial charge on any atom is 0.573 e. The lowest BCUT2D eigenvalue weighted by Crippen LogP contribution is -2.54. The maximum atomic E-state index is 13.4. The number of carbonyl (C=O) groups excluding carboxylic acids is 2. The van der Waals surface area contributed by atoms with Crippen LogP contribution in [0.2, 0.25) is 0 Å². The van der Waals surface area contributed by atoms with Crippen LogP contribution in [0.25, 0.3) is 0 Å². The smallest absolute Gasteiger partial charge is 0.493 e. The first-order valence-corrected chi connectivity index (χ1v) is 12.9. The van der Waals surface area contributed by atoms with Gasteiger partial charge in [-0.1, -0.05) is 44.2 Å². The van der Waals surface area contributed by atoms with Gasteiger partial charge in [0.15, 0.2) is 11.5 Å². The Morgan fingerprint density at radius 2 is 1.63 bits per heavy atom. The van der Waals surface area contributed by atoms with Crippen LogP contribution < -0.4 is 19.5 Å². The number of hydrogen-bond acceptors (Lipinski definition) is 5. The summed E-state index contributed by atoms with van der Waals surface area (Å²) in [5.41, 5.74) is 0.307. The quantitative estimate of drug-likeness (QED) is 0.512. The molecule has 0 radical (unpaired) electrons. The summed E-state index contributed by atoms with van der Waals surface area (Å²) < 4.78 is 53.4. The molecule has 1 aliphatic carbocycles. The zero-order valence-electron chi connectivity index (χ0n) is 21.6. The number of ether oxygens (including phenoxy) is 3. The Hall–Kier alpha value is -3.43. The summed E-state index contributed by atoms with van der Waals surface area (Å²) in [6, 6.07) is 10.1. The summed E-state index contributed by atoms with van der Waals surface area (Å²) in [4.78, 5) is 28.4. The van der Waals surface area contributed by atoms with E-state index in [1.54, 1.807) is 23.1 Å². The first-order chi connectivity index (χ1) is 18.2. The van der Waals surface area contributed by atoms with Gasteiger partial charge in [-0.25, -0.2) is 0 Å². The second-order valence-corrected chi connectivity index (χ2v) is 9.80. The summed E-state index contributed by atoms with van der Waals surface area (Å²) in [5.74, 6) is -0.0162. The number of rotatable bonds is 7. The third kappa shape index (κ3) is 6.52. The molecule has 0 bridgehead atoms. The molecule has 0 unspecified atom stereocenters. The number of nitrogens with zero attached hydrogens (tertiary/aromatic N) is 1. The van der Waals surface area contributed by atoms with Crippen molar-refractivity contribution in [2.24, 2.45) is 11.8 Å². The van der Waals surface area contributed by atoms with Gasteiger partial charge in [0, 0.05) is 24.7 Å². The molecule has 2 aromatic carbocycles. The molecule has 1 aliphatic heterocycles. The highest BCUT2D eigenvalue weighted by atomic mass is 19.4. The highest BCUT2D eigenvalue weighted by molar-refractivity contribution is 5.97. The van der Waals surface area contributed by atoms with Crippen molar-refractivity contribution in [2.75, 3.05) is 27.3 Å². The highest BCUT2D eigenvalue weighted by Crippen LogP contribution is 2.36. The zero-order chi connectivity index (χ0) is 27.3. The molecule has 1 heterocycles. The molecule has 10 heteroatoms. The van der Waals surface area contributed by atoms with Crippen molar-refractivity contribution in [3.05, 3.63) is 53.6 Å². The van der Waals surface area contributed by atoms with Crippen molar-refractivity contribution >= 4 is 11.8 Å². The summed E-state index contributed by atoms with van der Waals surface area (Å²) in [6.07, 6.45) is 0.871. The largest absolute Gasteiger partial charge is 0.573 e. The normalized spacial score (nSPS) is 20.5. The molecule has 206 valence electrons. The number of para-hydroxylation sites is 1. The fourth-order valence-electron chi connectivity index (χ4n) is 5.65. The van der Waals surface area contributed by atoms with Crippen LogP contribution in [0.3, 0.4) is 0 Å². The van der Waals surface area contributed by atoms with E-state index in [1.807, 2.05) is 0 Å². The van der Waals surface area contributed by atoms with Gasteiger partial charge in [0.05, 0.1) is 19.8 Å². The highest BCUT2D eigenvalue weighted by Gasteiger charge is 2.39. The Morgan fingerprint density at radius 1 is 0.921 bits per heavy atom. The summed E-state index contributed by atoms with van der Waals surface area (Å²) in [6.45, 7) is 0.853. The molecule has 0 spiro atoms. The van der Waals surface area contributed by atoms with Gasteiger partial charge in [-0.2, -0.15) is 0 Å². The van der Waals surface area contributed by atoms with E-state index in [4.69, 9.17) is 9.47 Å². The Kier molecular flexibility index (Phi) is 8.69. The van der Waals surface area contributed by atoms with E-state index in [1.165, 1.54) is 32.4 Å². The number of piperidine rings is 1. The molecule has 2 aliphatic rings. The molecular formula is C28H33F3N2O5. The van der Waals surface area contributed by atoms with E-state index in [0.29, 0.717) is 42.5 Å². The minimum Gasteiger partial charge on any atom is -0.493 e. The summed E-state index contributed by atoms with van der Waals surface area (Å²) >= 11 is 0. The van der Waals surface area contributed by atoms with Crippen molar-refractivity contribution in [1.82, 2.24) is 10.2 Å². The predicted octanol–water partition coefficient (Wildman–Crippen LogP) is 5.44. The minimum absolute atomic E-state index is 0.0206. The van der Waals surface area contributed by atoms with E-state index in [2.05, 4.69) is 10.1 Å². The summed E-state index contributed by atoms with van der Waals surface area (Å²) in [7, 11) is 3.04. The number of nitrogens with one attached hydrogen (secondary N) is 1. The number of methoxy groups -OCH3 is 2. The van der Waals surface area contributed by atoms with Crippen LogP contribution in [-0.2, 0) is 0 Å². The molecule has 2 atom stereocenters. The van der Waals surface area contributed by atoms with Crippen LogP contribution in [0.5, 0.6) is 17.2 Å². The predicted molar refractivity (Wildman–Crippen MR) is 135 cm³/mol. The number of amides is 2. The third-order valence-corrected chi connectivity index (χ3v) is 7.50. The average molecular weight is 535 g/mol. The van der Waals surface area contributed by atoms with Crippen LogP contribution in [-0.4, -0.2) is 56.4 Å². The lowest BCUT2D eigenvalue weighted by molar-refractivity contribution is -0.274. The van der Waals surface area contributed by atoms with Gasteiger partial charge in [-0.3, -0.25) is 9.59 Å². The average Bonchev–Trinajstić information content (AvgIpc) is 2.92. The standard InChI is InChI=1S/C28H33F3N2O5/c1-36-24-13-12-19(16-25(24)37-2)27(35)33-15-14-22(21(17-33)18-8-4-3-5-9-18)32-26(34)20-10-6-7-11-23(20)38-28(29,30)31/h6-7,10-13,16,18,21-22H,3-5,8-9,14-15,17H2,1-2H3,(H,32,34)/t21-,22-/m1/s1. The molecule has 1 N–H and O–H groups in total. The second kappa shape index (κ2) is 12.0. The van der Waals surface area contributed by atoms with Gasteiger partial charge >= 0.3 is 6.36 Å². The van der Waals surface area contributed by atoms with Crippen LogP contribution >= 0.6 is 0 Å². The number of benzene rings is 2. The molecule has 4 rings (SSSR count). The number of hydrogen-bond donors (Lipinski definition) is 1. The molecule has 0 aromatic heterocycles. The van der Waals surface area contributed by atoms with Crippen molar-refractivity contribution in [2.45, 2.75) is 50.9 Å². The number of halogens is 3. The van der Waals surface area contributed by atoms with Gasteiger partial charge in [-0.05, 0) is 48.6 Å². The zero-order valence-corrected chi connectivity index (χ0v) is 21.6. The van der Waals surface area contributed by atoms with E-state index >= 15 is 0 Å². The van der Waals surface area contributed by atoms with Crippen molar-refractivity contribution in [3.63, 3.8) is 0 Å².